The van der Waals surface area contributed by atoms with E-state index in [1.165, 1.54) is 6.20 Å². The van der Waals surface area contributed by atoms with Crippen LogP contribution in [0.4, 0.5) is 17.5 Å². The molecule has 9 heteroatoms. The summed E-state index contributed by atoms with van der Waals surface area (Å²) in [6.07, 6.45) is 1.17. The predicted octanol–water partition coefficient (Wildman–Crippen LogP) is 2.20. The maximum absolute atomic E-state index is 11.1. The molecule has 2 aromatic rings. The van der Waals surface area contributed by atoms with Gasteiger partial charge in [-0.2, -0.15) is 4.98 Å². The minimum Gasteiger partial charge on any atom is -0.361 e. The number of aromatic nitrogens is 3. The fraction of sp³-hybridized carbons (Fsp3) is 0.417. The van der Waals surface area contributed by atoms with Gasteiger partial charge in [-0.1, -0.05) is 5.16 Å². The van der Waals surface area contributed by atoms with E-state index in [0.29, 0.717) is 11.7 Å². The van der Waals surface area contributed by atoms with E-state index < -0.39 is 4.92 Å². The normalized spacial score (nSPS) is 12.0. The fourth-order valence-corrected chi connectivity index (χ4v) is 2.12. The molecule has 0 amide bonds. The first-order chi connectivity index (χ1) is 9.93. The van der Waals surface area contributed by atoms with Crippen molar-refractivity contribution >= 4 is 17.5 Å². The van der Waals surface area contributed by atoms with Crippen LogP contribution in [0.2, 0.25) is 0 Å². The summed E-state index contributed by atoms with van der Waals surface area (Å²) in [4.78, 5) is 18.5. The Labute approximate surface area is 120 Å². The van der Waals surface area contributed by atoms with Crippen molar-refractivity contribution in [2.24, 2.45) is 0 Å². The van der Waals surface area contributed by atoms with Gasteiger partial charge in [0, 0.05) is 12.6 Å². The fourth-order valence-electron chi connectivity index (χ4n) is 2.12. The van der Waals surface area contributed by atoms with Gasteiger partial charge in [-0.05, 0) is 20.8 Å². The molecule has 0 fully saturated rings. The topological polar surface area (TPSA) is 119 Å². The van der Waals surface area contributed by atoms with Gasteiger partial charge in [-0.3, -0.25) is 10.1 Å². The monoisotopic (exact) mass is 292 g/mol. The molecule has 0 aliphatic rings. The molecule has 1 atom stereocenters. The molecule has 0 bridgehead atoms. The van der Waals surface area contributed by atoms with E-state index in [4.69, 9.17) is 4.52 Å². The Kier molecular flexibility index (Phi) is 4.01. The predicted molar refractivity (Wildman–Crippen MR) is 76.2 cm³/mol. The first-order valence-corrected chi connectivity index (χ1v) is 6.32. The van der Waals surface area contributed by atoms with Gasteiger partial charge < -0.3 is 15.2 Å². The molecule has 0 aromatic carbocycles. The Bertz CT molecular complexity index is 650. The van der Waals surface area contributed by atoms with Crippen molar-refractivity contribution in [3.8, 4) is 0 Å². The summed E-state index contributed by atoms with van der Waals surface area (Å²) in [6.45, 7) is 5.47. The second-order valence-corrected chi connectivity index (χ2v) is 4.54. The van der Waals surface area contributed by atoms with Crippen molar-refractivity contribution in [1.29, 1.82) is 0 Å². The first-order valence-electron chi connectivity index (χ1n) is 6.32. The van der Waals surface area contributed by atoms with Crippen LogP contribution in [-0.2, 0) is 0 Å². The highest BCUT2D eigenvalue weighted by Crippen LogP contribution is 2.29. The Hall–Kier alpha value is -2.71. The van der Waals surface area contributed by atoms with Crippen LogP contribution in [0.25, 0.3) is 0 Å². The number of hydrogen-bond donors (Lipinski definition) is 2. The van der Waals surface area contributed by atoms with Crippen LogP contribution >= 0.6 is 0 Å². The van der Waals surface area contributed by atoms with Crippen molar-refractivity contribution in [3.05, 3.63) is 33.3 Å². The average molecular weight is 292 g/mol. The maximum atomic E-state index is 11.1. The van der Waals surface area contributed by atoms with E-state index in [-0.39, 0.29) is 17.5 Å². The standard InChI is InChI=1S/C12H16N6O3/c1-6(10-7(2)17-21-8(10)3)15-11-9(18(19)20)5-14-12(13-4)16-11/h5-6H,1-4H3,(H2,13,14,15,16). The Morgan fingerprint density at radius 2 is 2.14 bits per heavy atom. The Morgan fingerprint density at radius 3 is 2.67 bits per heavy atom. The summed E-state index contributed by atoms with van der Waals surface area (Å²) in [7, 11) is 1.64. The number of nitro groups is 1. The molecule has 21 heavy (non-hydrogen) atoms. The molecular formula is C12H16N6O3. The van der Waals surface area contributed by atoms with Crippen LogP contribution in [0, 0.1) is 24.0 Å². The second kappa shape index (κ2) is 5.73. The minimum atomic E-state index is -0.526. The zero-order valence-electron chi connectivity index (χ0n) is 12.2. The zero-order valence-corrected chi connectivity index (χ0v) is 12.2. The first kappa shape index (κ1) is 14.7. The summed E-state index contributed by atoms with van der Waals surface area (Å²) in [5.41, 5.74) is 1.40. The number of nitrogens with zero attached hydrogens (tertiary/aromatic N) is 4. The zero-order chi connectivity index (χ0) is 15.6. The van der Waals surface area contributed by atoms with Crippen LogP contribution < -0.4 is 10.6 Å². The van der Waals surface area contributed by atoms with E-state index in [2.05, 4.69) is 25.8 Å². The smallest absolute Gasteiger partial charge is 0.329 e. The summed E-state index contributed by atoms with van der Waals surface area (Å²) in [5, 5.41) is 20.7. The summed E-state index contributed by atoms with van der Waals surface area (Å²) in [6, 6.07) is -0.241. The van der Waals surface area contributed by atoms with E-state index in [9.17, 15) is 10.1 Å². The summed E-state index contributed by atoms with van der Waals surface area (Å²) in [5.74, 6) is 1.11. The van der Waals surface area contributed by atoms with Crippen LogP contribution in [0.5, 0.6) is 0 Å². The molecule has 1 unspecified atom stereocenters. The highest BCUT2D eigenvalue weighted by molar-refractivity contribution is 5.58. The quantitative estimate of drug-likeness (QED) is 0.635. The highest BCUT2D eigenvalue weighted by Gasteiger charge is 2.22. The molecule has 2 heterocycles. The largest absolute Gasteiger partial charge is 0.361 e. The van der Waals surface area contributed by atoms with Gasteiger partial charge in [0.2, 0.25) is 11.8 Å². The van der Waals surface area contributed by atoms with Crippen LogP contribution in [0.3, 0.4) is 0 Å². The van der Waals surface area contributed by atoms with Crippen molar-refractivity contribution in [3.63, 3.8) is 0 Å². The number of anilines is 2. The number of nitrogens with one attached hydrogen (secondary N) is 2. The van der Waals surface area contributed by atoms with E-state index in [0.717, 1.165) is 11.3 Å². The van der Waals surface area contributed by atoms with E-state index in [1.54, 1.807) is 14.0 Å². The number of hydrogen-bond acceptors (Lipinski definition) is 8. The molecular weight excluding hydrogens is 276 g/mol. The summed E-state index contributed by atoms with van der Waals surface area (Å²) >= 11 is 0. The third-order valence-corrected chi connectivity index (χ3v) is 3.06. The lowest BCUT2D eigenvalue weighted by molar-refractivity contribution is -0.384. The molecule has 0 saturated heterocycles. The minimum absolute atomic E-state index is 0.145. The molecule has 2 rings (SSSR count). The van der Waals surface area contributed by atoms with Crippen molar-refractivity contribution < 1.29 is 9.45 Å². The SMILES string of the molecule is CNc1ncc([N+](=O)[O-])c(NC(C)c2c(C)noc2C)n1. The third-order valence-electron chi connectivity index (χ3n) is 3.06. The molecule has 0 spiro atoms. The lowest BCUT2D eigenvalue weighted by Crippen LogP contribution is -2.12. The molecule has 2 N–H and O–H groups in total. The lowest BCUT2D eigenvalue weighted by atomic mass is 10.1. The van der Waals surface area contributed by atoms with E-state index >= 15 is 0 Å². The van der Waals surface area contributed by atoms with Gasteiger partial charge in [0.15, 0.2) is 0 Å². The second-order valence-electron chi connectivity index (χ2n) is 4.54. The molecule has 112 valence electrons. The van der Waals surface area contributed by atoms with Gasteiger partial charge >= 0.3 is 5.69 Å². The molecule has 0 saturated carbocycles. The number of aryl methyl sites for hydroxylation is 2. The van der Waals surface area contributed by atoms with Gasteiger partial charge in [0.25, 0.3) is 0 Å². The Balaban J connectivity index is 2.36. The molecule has 2 aromatic heterocycles. The highest BCUT2D eigenvalue weighted by atomic mass is 16.6. The molecule has 0 aliphatic heterocycles. The van der Waals surface area contributed by atoms with Crippen molar-refractivity contribution in [1.82, 2.24) is 15.1 Å². The summed E-state index contributed by atoms with van der Waals surface area (Å²) < 4.78 is 5.11. The maximum Gasteiger partial charge on any atom is 0.329 e. The van der Waals surface area contributed by atoms with Crippen molar-refractivity contribution in [2.75, 3.05) is 17.7 Å². The lowest BCUT2D eigenvalue weighted by Gasteiger charge is -2.14. The van der Waals surface area contributed by atoms with Crippen LogP contribution in [0.1, 0.15) is 30.0 Å². The molecule has 0 aliphatic carbocycles. The van der Waals surface area contributed by atoms with Gasteiger partial charge in [-0.25, -0.2) is 4.98 Å². The van der Waals surface area contributed by atoms with Gasteiger partial charge in [0.05, 0.1) is 16.7 Å². The van der Waals surface area contributed by atoms with Gasteiger partial charge in [-0.15, -0.1) is 0 Å². The van der Waals surface area contributed by atoms with Gasteiger partial charge in [0.1, 0.15) is 12.0 Å². The van der Waals surface area contributed by atoms with Crippen molar-refractivity contribution in [2.45, 2.75) is 26.8 Å². The Morgan fingerprint density at radius 1 is 1.43 bits per heavy atom. The van der Waals surface area contributed by atoms with E-state index in [1.807, 2.05) is 13.8 Å². The number of rotatable bonds is 5. The average Bonchev–Trinajstić information content (AvgIpc) is 2.77. The van der Waals surface area contributed by atoms with Crippen LogP contribution in [0.15, 0.2) is 10.7 Å². The third kappa shape index (κ3) is 2.91. The molecule has 9 nitrogen and oxygen atoms in total. The molecule has 0 radical (unpaired) electrons. The van der Waals surface area contributed by atoms with Crippen LogP contribution in [-0.4, -0.2) is 27.1 Å².